The van der Waals surface area contributed by atoms with Crippen LogP contribution in [0.15, 0.2) is 21.2 Å². The van der Waals surface area contributed by atoms with Crippen LogP contribution < -0.4 is 5.09 Å². The molecule has 0 saturated carbocycles. The predicted molar refractivity (Wildman–Crippen MR) is 71.9 cm³/mol. The van der Waals surface area contributed by atoms with Gasteiger partial charge in [-0.3, -0.25) is 0 Å². The second kappa shape index (κ2) is 5.46. The van der Waals surface area contributed by atoms with Crippen LogP contribution >= 0.6 is 39.2 Å². The molecular formula is C9H13Br2N2OP. The van der Waals surface area contributed by atoms with Gasteiger partial charge in [-0.15, -0.1) is 0 Å². The molecule has 0 unspecified atom stereocenters. The van der Waals surface area contributed by atoms with E-state index in [9.17, 15) is 4.57 Å². The number of aromatic nitrogens is 1. The molecule has 0 spiro atoms. The second-order valence-corrected chi connectivity index (χ2v) is 8.15. The number of pyridine rings is 1. The number of hydrogen-bond donors (Lipinski definition) is 1. The summed E-state index contributed by atoms with van der Waals surface area (Å²) in [7, 11) is -2.30. The molecule has 84 valence electrons. The third-order valence-electron chi connectivity index (χ3n) is 2.14. The minimum atomic E-state index is -2.30. The topological polar surface area (TPSA) is 42.0 Å². The Morgan fingerprint density at radius 1 is 1.40 bits per heavy atom. The van der Waals surface area contributed by atoms with E-state index in [-0.39, 0.29) is 0 Å². The second-order valence-electron chi connectivity index (χ2n) is 3.12. The van der Waals surface area contributed by atoms with Crippen molar-refractivity contribution < 1.29 is 4.57 Å². The van der Waals surface area contributed by atoms with Gasteiger partial charge < -0.3 is 9.65 Å². The van der Waals surface area contributed by atoms with E-state index < -0.39 is 7.29 Å². The molecule has 1 aromatic heterocycles. The number of nitrogens with one attached hydrogen (secondary N) is 1. The summed E-state index contributed by atoms with van der Waals surface area (Å²) in [6, 6.07) is 1.88. The van der Waals surface area contributed by atoms with E-state index >= 15 is 0 Å². The first-order valence-electron chi connectivity index (χ1n) is 4.68. The minimum Gasteiger partial charge on any atom is -0.320 e. The van der Waals surface area contributed by atoms with E-state index in [4.69, 9.17) is 0 Å². The van der Waals surface area contributed by atoms with Gasteiger partial charge in [0.05, 0.1) is 4.47 Å². The summed E-state index contributed by atoms with van der Waals surface area (Å²) in [5.41, 5.74) is 0. The monoisotopic (exact) mass is 354 g/mol. The lowest BCUT2D eigenvalue weighted by Gasteiger charge is -2.17. The van der Waals surface area contributed by atoms with E-state index in [2.05, 4.69) is 41.9 Å². The molecule has 1 aromatic rings. The van der Waals surface area contributed by atoms with Gasteiger partial charge >= 0.3 is 0 Å². The fourth-order valence-corrected chi connectivity index (χ4v) is 3.64. The van der Waals surface area contributed by atoms with Crippen molar-refractivity contribution in [3.05, 3.63) is 21.2 Å². The SMILES string of the molecule is CCP(=O)(CC)Nc1ncc(Br)cc1Br. The van der Waals surface area contributed by atoms with Gasteiger partial charge in [-0.1, -0.05) is 13.8 Å². The van der Waals surface area contributed by atoms with Crippen LogP contribution in [0.4, 0.5) is 5.82 Å². The maximum absolute atomic E-state index is 12.2. The van der Waals surface area contributed by atoms with Gasteiger partial charge in [0.25, 0.3) is 0 Å². The van der Waals surface area contributed by atoms with Gasteiger partial charge in [0.1, 0.15) is 5.82 Å². The van der Waals surface area contributed by atoms with Crippen LogP contribution in [0.1, 0.15) is 13.8 Å². The van der Waals surface area contributed by atoms with E-state index in [0.29, 0.717) is 18.1 Å². The molecule has 0 atom stereocenters. The lowest BCUT2D eigenvalue weighted by molar-refractivity contribution is 0.579. The van der Waals surface area contributed by atoms with Crippen LogP contribution in [0.25, 0.3) is 0 Å². The first-order valence-corrected chi connectivity index (χ1v) is 8.34. The van der Waals surface area contributed by atoms with Crippen LogP contribution in [0, 0.1) is 0 Å². The third-order valence-corrected chi connectivity index (χ3v) is 5.84. The van der Waals surface area contributed by atoms with Crippen molar-refractivity contribution >= 4 is 45.0 Å². The van der Waals surface area contributed by atoms with Crippen LogP contribution in [0.5, 0.6) is 0 Å². The third kappa shape index (κ3) is 3.58. The minimum absolute atomic E-state index is 0.633. The van der Waals surface area contributed by atoms with E-state index in [0.717, 1.165) is 8.95 Å². The highest BCUT2D eigenvalue weighted by molar-refractivity contribution is 9.11. The summed E-state index contributed by atoms with van der Waals surface area (Å²) in [4.78, 5) is 4.18. The Balaban J connectivity index is 2.94. The number of halogens is 2. The molecule has 0 aliphatic rings. The average molecular weight is 356 g/mol. The van der Waals surface area contributed by atoms with Gasteiger partial charge in [-0.05, 0) is 37.9 Å². The highest BCUT2D eigenvalue weighted by atomic mass is 79.9. The van der Waals surface area contributed by atoms with Gasteiger partial charge in [0.15, 0.2) is 7.29 Å². The number of anilines is 1. The van der Waals surface area contributed by atoms with Crippen molar-refractivity contribution in [3.8, 4) is 0 Å². The molecule has 0 fully saturated rings. The Morgan fingerprint density at radius 3 is 2.47 bits per heavy atom. The number of nitrogens with zero attached hydrogens (tertiary/aromatic N) is 1. The molecule has 3 nitrogen and oxygen atoms in total. The van der Waals surface area contributed by atoms with Gasteiger partial charge in [-0.25, -0.2) is 4.98 Å². The Bertz CT molecular complexity index is 390. The van der Waals surface area contributed by atoms with Crippen molar-refractivity contribution in [2.75, 3.05) is 17.4 Å². The standard InChI is InChI=1S/C9H13Br2N2OP/c1-3-15(14,4-2)13-9-8(11)5-7(10)6-12-9/h5-6H,3-4H2,1-2H3,(H,12,13,14). The molecule has 0 aliphatic carbocycles. The van der Waals surface area contributed by atoms with Crippen molar-refractivity contribution in [2.24, 2.45) is 0 Å². The largest absolute Gasteiger partial charge is 0.320 e. The zero-order valence-corrected chi connectivity index (χ0v) is 12.7. The van der Waals surface area contributed by atoms with E-state index in [1.165, 1.54) is 0 Å². The molecule has 0 radical (unpaired) electrons. The molecule has 0 saturated heterocycles. The normalized spacial score (nSPS) is 11.5. The fourth-order valence-electron chi connectivity index (χ4n) is 1.07. The van der Waals surface area contributed by atoms with Crippen LogP contribution in [-0.4, -0.2) is 17.3 Å². The summed E-state index contributed by atoms with van der Waals surface area (Å²) < 4.78 is 13.9. The van der Waals surface area contributed by atoms with Crippen LogP contribution in [0.3, 0.4) is 0 Å². The first-order chi connectivity index (χ1) is 7.00. The van der Waals surface area contributed by atoms with Gasteiger partial charge in [0, 0.05) is 23.0 Å². The smallest absolute Gasteiger partial charge is 0.170 e. The van der Waals surface area contributed by atoms with Crippen molar-refractivity contribution in [3.63, 3.8) is 0 Å². The van der Waals surface area contributed by atoms with Crippen LogP contribution in [-0.2, 0) is 4.57 Å². The molecule has 1 N–H and O–H groups in total. The molecule has 15 heavy (non-hydrogen) atoms. The first kappa shape index (κ1) is 13.2. The summed E-state index contributed by atoms with van der Waals surface area (Å²) in [6.45, 7) is 3.84. The molecule has 1 heterocycles. The van der Waals surface area contributed by atoms with Crippen molar-refractivity contribution in [1.82, 2.24) is 4.98 Å². The Morgan fingerprint density at radius 2 is 2.00 bits per heavy atom. The molecular weight excluding hydrogens is 343 g/mol. The zero-order valence-electron chi connectivity index (χ0n) is 8.63. The fraction of sp³-hybridized carbons (Fsp3) is 0.444. The molecule has 0 aliphatic heterocycles. The molecule has 1 rings (SSSR count). The van der Waals surface area contributed by atoms with Crippen molar-refractivity contribution in [2.45, 2.75) is 13.8 Å². The summed E-state index contributed by atoms with van der Waals surface area (Å²) in [5.74, 6) is 0.644. The summed E-state index contributed by atoms with van der Waals surface area (Å²) in [5, 5.41) is 3.03. The Kier molecular flexibility index (Phi) is 4.81. The molecule has 0 amide bonds. The molecule has 0 aromatic carbocycles. The zero-order chi connectivity index (χ0) is 11.5. The van der Waals surface area contributed by atoms with Gasteiger partial charge in [0.2, 0.25) is 0 Å². The van der Waals surface area contributed by atoms with Gasteiger partial charge in [-0.2, -0.15) is 0 Å². The lowest BCUT2D eigenvalue weighted by Crippen LogP contribution is -2.03. The predicted octanol–water partition coefficient (Wildman–Crippen LogP) is 4.34. The average Bonchev–Trinajstić information content (AvgIpc) is 2.22. The Hall–Kier alpha value is 0.140. The number of hydrogen-bond acceptors (Lipinski definition) is 2. The maximum atomic E-state index is 12.2. The van der Waals surface area contributed by atoms with E-state index in [1.54, 1.807) is 6.20 Å². The maximum Gasteiger partial charge on any atom is 0.170 e. The quantitative estimate of drug-likeness (QED) is 0.817. The lowest BCUT2D eigenvalue weighted by atomic mass is 10.5. The van der Waals surface area contributed by atoms with Crippen molar-refractivity contribution in [1.29, 1.82) is 0 Å². The Labute approximate surface area is 107 Å². The van der Waals surface area contributed by atoms with Crippen LogP contribution in [0.2, 0.25) is 0 Å². The number of rotatable bonds is 4. The highest BCUT2D eigenvalue weighted by Gasteiger charge is 2.18. The highest BCUT2D eigenvalue weighted by Crippen LogP contribution is 2.45. The molecule has 6 heteroatoms. The summed E-state index contributed by atoms with van der Waals surface area (Å²) >= 11 is 6.70. The summed E-state index contributed by atoms with van der Waals surface area (Å²) in [6.07, 6.45) is 2.95. The molecule has 0 bridgehead atoms. The van der Waals surface area contributed by atoms with E-state index in [1.807, 2.05) is 19.9 Å².